The number of alkyl halides is 3. The molecule has 1 heterocycles. The molecule has 3 aromatic rings. The number of amides is 1. The molecule has 0 unspecified atom stereocenters. The van der Waals surface area contributed by atoms with Crippen LogP contribution in [0.1, 0.15) is 34.0 Å². The van der Waals surface area contributed by atoms with Crippen molar-refractivity contribution in [3.8, 4) is 17.2 Å². The van der Waals surface area contributed by atoms with Crippen LogP contribution in [0.4, 0.5) is 13.2 Å². The number of halogens is 3. The number of carbonyl (C=O) groups is 2. The van der Waals surface area contributed by atoms with Gasteiger partial charge in [0.25, 0.3) is 5.91 Å². The first-order valence-corrected chi connectivity index (χ1v) is 12.3. The Hall–Kier alpha value is -4.20. The van der Waals surface area contributed by atoms with Crippen LogP contribution in [0.3, 0.4) is 0 Å². The monoisotopic (exact) mass is 538 g/mol. The Balaban J connectivity index is 0.000000532. The van der Waals surface area contributed by atoms with Crippen molar-refractivity contribution in [3.63, 3.8) is 0 Å². The van der Waals surface area contributed by atoms with Crippen molar-refractivity contribution in [2.75, 3.05) is 19.6 Å². The highest BCUT2D eigenvalue weighted by atomic mass is 19.4. The molecule has 1 saturated heterocycles. The number of benzene rings is 3. The van der Waals surface area contributed by atoms with Crippen LogP contribution in [0.5, 0.6) is 0 Å². The van der Waals surface area contributed by atoms with E-state index in [2.05, 4.69) is 64.9 Å². The van der Waals surface area contributed by atoms with Gasteiger partial charge in [-0.05, 0) is 59.5 Å². The topological polar surface area (TPSA) is 105 Å². The molecule has 3 aromatic carbocycles. The van der Waals surface area contributed by atoms with E-state index in [1.165, 1.54) is 11.1 Å². The molecule has 0 aromatic heterocycles. The highest BCUT2D eigenvalue weighted by Crippen LogP contribution is 2.23. The van der Waals surface area contributed by atoms with Crippen LogP contribution in [0, 0.1) is 11.3 Å². The Morgan fingerprint density at radius 1 is 1.05 bits per heavy atom. The Kier molecular flexibility index (Phi) is 10.2. The summed E-state index contributed by atoms with van der Waals surface area (Å²) >= 11 is 0. The first kappa shape index (κ1) is 29.4. The van der Waals surface area contributed by atoms with Crippen molar-refractivity contribution in [2.24, 2.45) is 0 Å². The number of piperazine rings is 1. The van der Waals surface area contributed by atoms with E-state index in [0.717, 1.165) is 37.3 Å². The summed E-state index contributed by atoms with van der Waals surface area (Å²) in [5.74, 6) is -2.94. The molecule has 0 saturated carbocycles. The molecular weight excluding hydrogens is 509 g/mol. The van der Waals surface area contributed by atoms with Crippen molar-refractivity contribution < 1.29 is 27.9 Å². The molecule has 1 atom stereocenters. The van der Waals surface area contributed by atoms with Gasteiger partial charge in [0.1, 0.15) is 0 Å². The lowest BCUT2D eigenvalue weighted by Crippen LogP contribution is -2.48. The number of carbonyl (C=O) groups excluding carboxylic acids is 1. The first-order valence-electron chi connectivity index (χ1n) is 12.3. The summed E-state index contributed by atoms with van der Waals surface area (Å²) in [7, 11) is 0. The molecule has 7 nitrogen and oxygen atoms in total. The summed E-state index contributed by atoms with van der Waals surface area (Å²) in [6, 6.07) is 26.3. The summed E-state index contributed by atoms with van der Waals surface area (Å²) in [5.41, 5.74) is 5.64. The highest BCUT2D eigenvalue weighted by molar-refractivity contribution is 5.94. The Bertz CT molecular complexity index is 1340. The Labute approximate surface area is 224 Å². The molecule has 0 aliphatic carbocycles. The molecule has 1 aliphatic rings. The normalized spacial score (nSPS) is 15.4. The summed E-state index contributed by atoms with van der Waals surface area (Å²) in [6.07, 6.45) is -5.08. The van der Waals surface area contributed by atoms with E-state index in [0.29, 0.717) is 23.7 Å². The number of carboxylic acids is 1. The molecule has 4 rings (SSSR count). The van der Waals surface area contributed by atoms with Gasteiger partial charge < -0.3 is 15.7 Å². The van der Waals surface area contributed by atoms with Crippen molar-refractivity contribution >= 4 is 11.9 Å². The van der Waals surface area contributed by atoms with Gasteiger partial charge in [-0.15, -0.1) is 0 Å². The van der Waals surface area contributed by atoms with Crippen LogP contribution >= 0.6 is 0 Å². The minimum atomic E-state index is -5.08. The largest absolute Gasteiger partial charge is 0.490 e. The maximum absolute atomic E-state index is 12.5. The zero-order chi connectivity index (χ0) is 28.4. The lowest BCUT2D eigenvalue weighted by molar-refractivity contribution is -0.192. The van der Waals surface area contributed by atoms with Gasteiger partial charge >= 0.3 is 12.1 Å². The number of carboxylic acid groups (broad SMARTS) is 1. The van der Waals surface area contributed by atoms with Crippen molar-refractivity contribution in [1.82, 2.24) is 15.5 Å². The molecular formula is C29H29F3N4O3. The number of rotatable bonds is 6. The number of nitriles is 1. The van der Waals surface area contributed by atoms with Crippen LogP contribution < -0.4 is 10.6 Å². The number of nitrogens with zero attached hydrogens (tertiary/aromatic N) is 2. The van der Waals surface area contributed by atoms with Crippen LogP contribution in [-0.4, -0.2) is 53.7 Å². The average molecular weight is 539 g/mol. The predicted molar refractivity (Wildman–Crippen MR) is 141 cm³/mol. The minimum Gasteiger partial charge on any atom is -0.475 e. The molecule has 39 heavy (non-hydrogen) atoms. The fourth-order valence-corrected chi connectivity index (χ4v) is 4.14. The van der Waals surface area contributed by atoms with Crippen LogP contribution in [0.2, 0.25) is 0 Å². The zero-order valence-corrected chi connectivity index (χ0v) is 21.3. The molecule has 1 aliphatic heterocycles. The molecule has 0 spiro atoms. The zero-order valence-electron chi connectivity index (χ0n) is 21.3. The average Bonchev–Trinajstić information content (AvgIpc) is 2.92. The van der Waals surface area contributed by atoms with Crippen LogP contribution in [-0.2, 0) is 17.9 Å². The van der Waals surface area contributed by atoms with Crippen molar-refractivity contribution in [2.45, 2.75) is 32.2 Å². The van der Waals surface area contributed by atoms with Gasteiger partial charge in [-0.25, -0.2) is 4.79 Å². The standard InChI is InChI=1S/C27H28N4O.C2HF3O2/c1-20-18-31(12-11-29-20)19-23-7-4-9-25(15-23)24-8-3-6-22(14-24)17-30-27(32)26-10-2-5-21(13-26)16-28;3-2(4,5)1(6)7/h2-10,13-15,20,29H,11-12,17-19H2,1H3,(H,30,32);(H,6,7)/t20-;/m1./s1. The second-order valence-corrected chi connectivity index (χ2v) is 9.17. The van der Waals surface area contributed by atoms with Gasteiger partial charge in [-0.2, -0.15) is 18.4 Å². The Morgan fingerprint density at radius 2 is 1.67 bits per heavy atom. The smallest absolute Gasteiger partial charge is 0.475 e. The molecule has 10 heteroatoms. The van der Waals surface area contributed by atoms with E-state index in [1.807, 2.05) is 12.1 Å². The van der Waals surface area contributed by atoms with Gasteiger partial charge in [-0.3, -0.25) is 9.69 Å². The summed E-state index contributed by atoms with van der Waals surface area (Å²) in [5, 5.41) is 22.6. The second kappa shape index (κ2) is 13.6. The second-order valence-electron chi connectivity index (χ2n) is 9.17. The lowest BCUT2D eigenvalue weighted by Gasteiger charge is -2.31. The van der Waals surface area contributed by atoms with Gasteiger partial charge in [-0.1, -0.05) is 42.5 Å². The molecule has 1 amide bonds. The highest BCUT2D eigenvalue weighted by Gasteiger charge is 2.38. The van der Waals surface area contributed by atoms with E-state index in [-0.39, 0.29) is 5.91 Å². The van der Waals surface area contributed by atoms with E-state index in [9.17, 15) is 18.0 Å². The van der Waals surface area contributed by atoms with Gasteiger partial charge in [0.05, 0.1) is 11.6 Å². The third-order valence-corrected chi connectivity index (χ3v) is 6.00. The quantitative estimate of drug-likeness (QED) is 0.424. The third-order valence-electron chi connectivity index (χ3n) is 6.00. The number of hydrogen-bond acceptors (Lipinski definition) is 5. The van der Waals surface area contributed by atoms with Gasteiger partial charge in [0.2, 0.25) is 0 Å². The van der Waals surface area contributed by atoms with Gasteiger partial charge in [0.15, 0.2) is 0 Å². The molecule has 0 bridgehead atoms. The fourth-order valence-electron chi connectivity index (χ4n) is 4.14. The number of nitrogens with one attached hydrogen (secondary N) is 2. The first-order chi connectivity index (χ1) is 18.5. The number of hydrogen-bond donors (Lipinski definition) is 3. The van der Waals surface area contributed by atoms with E-state index in [1.54, 1.807) is 24.3 Å². The maximum atomic E-state index is 12.5. The van der Waals surface area contributed by atoms with Crippen molar-refractivity contribution in [1.29, 1.82) is 5.26 Å². The van der Waals surface area contributed by atoms with E-state index in [4.69, 9.17) is 15.2 Å². The number of aliphatic carboxylic acids is 1. The predicted octanol–water partition coefficient (Wildman–Crippen LogP) is 4.58. The van der Waals surface area contributed by atoms with Crippen molar-refractivity contribution in [3.05, 3.63) is 95.1 Å². The molecule has 204 valence electrons. The summed E-state index contributed by atoms with van der Waals surface area (Å²) in [4.78, 5) is 23.9. The Morgan fingerprint density at radius 3 is 2.28 bits per heavy atom. The van der Waals surface area contributed by atoms with E-state index < -0.39 is 12.1 Å². The molecule has 0 radical (unpaired) electrons. The van der Waals surface area contributed by atoms with E-state index >= 15 is 0 Å². The van der Waals surface area contributed by atoms with Crippen LogP contribution in [0.15, 0.2) is 72.8 Å². The fraction of sp³-hybridized carbons (Fsp3) is 0.276. The third kappa shape index (κ3) is 9.25. The molecule has 3 N–H and O–H groups in total. The van der Waals surface area contributed by atoms with Crippen LogP contribution in [0.25, 0.3) is 11.1 Å². The molecule has 1 fully saturated rings. The van der Waals surface area contributed by atoms with Gasteiger partial charge in [0, 0.05) is 44.3 Å². The maximum Gasteiger partial charge on any atom is 0.490 e. The lowest BCUT2D eigenvalue weighted by atomic mass is 10.0. The SMILES string of the molecule is C[C@@H]1CN(Cc2cccc(-c3cccc(CNC(=O)c4cccc(C#N)c4)c3)c2)CCN1.O=C(O)C(F)(F)F. The summed E-state index contributed by atoms with van der Waals surface area (Å²) < 4.78 is 31.7. The minimum absolute atomic E-state index is 0.181. The summed E-state index contributed by atoms with van der Waals surface area (Å²) in [6.45, 7) is 6.79.